The van der Waals surface area contributed by atoms with Crippen LogP contribution >= 0.6 is 0 Å². The minimum Gasteiger partial charge on any atom is -0.478 e. The number of carboxylic acids is 1. The summed E-state index contributed by atoms with van der Waals surface area (Å²) < 4.78 is 0. The molecule has 1 fully saturated rings. The van der Waals surface area contributed by atoms with Crippen molar-refractivity contribution >= 4 is 11.7 Å². The molecule has 0 amide bonds. The van der Waals surface area contributed by atoms with Crippen LogP contribution in [-0.2, 0) is 0 Å². The number of benzene rings is 1. The molecule has 17 heavy (non-hydrogen) atoms. The first-order valence-electron chi connectivity index (χ1n) is 6.13. The molecule has 2 rings (SSSR count). The molecule has 1 aromatic rings. The van der Waals surface area contributed by atoms with Gasteiger partial charge in [-0.05, 0) is 51.3 Å². The van der Waals surface area contributed by atoms with Gasteiger partial charge in [-0.25, -0.2) is 4.79 Å². The second-order valence-corrected chi connectivity index (χ2v) is 4.99. The van der Waals surface area contributed by atoms with Gasteiger partial charge in [0.2, 0.25) is 0 Å². The molecule has 0 aromatic heterocycles. The molecule has 2 atom stereocenters. The lowest BCUT2D eigenvalue weighted by atomic mass is 10.1. The van der Waals surface area contributed by atoms with Crippen LogP contribution in [0.15, 0.2) is 18.2 Å². The Morgan fingerprint density at radius 3 is 2.41 bits per heavy atom. The van der Waals surface area contributed by atoms with E-state index in [9.17, 15) is 4.79 Å². The van der Waals surface area contributed by atoms with Gasteiger partial charge in [-0.1, -0.05) is 6.07 Å². The first-order chi connectivity index (χ1) is 8.00. The van der Waals surface area contributed by atoms with E-state index < -0.39 is 5.97 Å². The highest BCUT2D eigenvalue weighted by molar-refractivity contribution is 5.89. The maximum atomic E-state index is 11.0. The fraction of sp³-hybridized carbons (Fsp3) is 0.500. The lowest BCUT2D eigenvalue weighted by Crippen LogP contribution is -2.33. The van der Waals surface area contributed by atoms with Crippen LogP contribution in [0.1, 0.15) is 42.6 Å². The second kappa shape index (κ2) is 4.40. The van der Waals surface area contributed by atoms with Crippen molar-refractivity contribution in [1.29, 1.82) is 0 Å². The second-order valence-electron chi connectivity index (χ2n) is 4.99. The molecule has 1 aliphatic rings. The molecule has 1 aromatic carbocycles. The maximum absolute atomic E-state index is 11.0. The summed E-state index contributed by atoms with van der Waals surface area (Å²) in [6, 6.07) is 6.36. The number of rotatable bonds is 2. The van der Waals surface area contributed by atoms with Crippen LogP contribution in [0.25, 0.3) is 0 Å². The summed E-state index contributed by atoms with van der Waals surface area (Å²) in [6.07, 6.45) is 2.36. The predicted molar refractivity (Wildman–Crippen MR) is 68.8 cm³/mol. The fourth-order valence-electron chi connectivity index (χ4n) is 2.69. The lowest BCUT2D eigenvalue weighted by molar-refractivity contribution is 0.0697. The molecule has 0 radical (unpaired) electrons. The van der Waals surface area contributed by atoms with Gasteiger partial charge in [-0.3, -0.25) is 0 Å². The smallest absolute Gasteiger partial charge is 0.335 e. The number of hydrogen-bond acceptors (Lipinski definition) is 2. The van der Waals surface area contributed by atoms with Gasteiger partial charge in [0.25, 0.3) is 0 Å². The van der Waals surface area contributed by atoms with Crippen molar-refractivity contribution in [2.75, 3.05) is 4.90 Å². The van der Waals surface area contributed by atoms with Gasteiger partial charge in [0, 0.05) is 17.8 Å². The van der Waals surface area contributed by atoms with Crippen LogP contribution in [0, 0.1) is 6.92 Å². The highest BCUT2D eigenvalue weighted by Gasteiger charge is 2.28. The van der Waals surface area contributed by atoms with Crippen LogP contribution in [-0.4, -0.2) is 23.2 Å². The number of nitrogens with zero attached hydrogens (tertiary/aromatic N) is 1. The van der Waals surface area contributed by atoms with E-state index >= 15 is 0 Å². The van der Waals surface area contributed by atoms with Crippen LogP contribution in [0.3, 0.4) is 0 Å². The molecular weight excluding hydrogens is 214 g/mol. The fourth-order valence-corrected chi connectivity index (χ4v) is 2.69. The highest BCUT2D eigenvalue weighted by Crippen LogP contribution is 2.33. The molecule has 1 N–H and O–H groups in total. The average molecular weight is 233 g/mol. The van der Waals surface area contributed by atoms with E-state index in [1.807, 2.05) is 13.0 Å². The average Bonchev–Trinajstić information content (AvgIpc) is 2.59. The number of aryl methyl sites for hydroxylation is 1. The number of anilines is 1. The Kier molecular flexibility index (Phi) is 3.09. The minimum absolute atomic E-state index is 0.372. The van der Waals surface area contributed by atoms with Crippen molar-refractivity contribution in [3.05, 3.63) is 29.3 Å². The summed E-state index contributed by atoms with van der Waals surface area (Å²) in [6.45, 7) is 6.45. The Morgan fingerprint density at radius 2 is 1.88 bits per heavy atom. The van der Waals surface area contributed by atoms with E-state index in [0.717, 1.165) is 11.3 Å². The maximum Gasteiger partial charge on any atom is 0.335 e. The van der Waals surface area contributed by atoms with Gasteiger partial charge in [0.15, 0.2) is 0 Å². The Balaban J connectivity index is 2.43. The normalized spacial score (nSPS) is 24.1. The molecule has 0 spiro atoms. The highest BCUT2D eigenvalue weighted by atomic mass is 16.4. The number of aromatic carboxylic acids is 1. The Labute approximate surface area is 102 Å². The van der Waals surface area contributed by atoms with Gasteiger partial charge < -0.3 is 10.0 Å². The third-order valence-corrected chi connectivity index (χ3v) is 3.69. The molecule has 3 heteroatoms. The summed E-state index contributed by atoms with van der Waals surface area (Å²) >= 11 is 0. The van der Waals surface area contributed by atoms with Crippen LogP contribution < -0.4 is 4.90 Å². The van der Waals surface area contributed by atoms with E-state index in [1.54, 1.807) is 12.1 Å². The first-order valence-corrected chi connectivity index (χ1v) is 6.13. The monoisotopic (exact) mass is 233 g/mol. The van der Waals surface area contributed by atoms with E-state index in [4.69, 9.17) is 5.11 Å². The van der Waals surface area contributed by atoms with Gasteiger partial charge >= 0.3 is 5.97 Å². The standard InChI is InChI=1S/C14H19NO2/c1-9-4-7-12(14(16)17)8-13(9)15-10(2)5-6-11(15)3/h4,7-8,10-11H,5-6H2,1-3H3,(H,16,17)/t10-,11-/m1/s1. The van der Waals surface area contributed by atoms with Crippen LogP contribution in [0.4, 0.5) is 5.69 Å². The molecule has 0 unspecified atom stereocenters. The Bertz CT molecular complexity index is 432. The quantitative estimate of drug-likeness (QED) is 0.853. The van der Waals surface area contributed by atoms with E-state index in [-0.39, 0.29) is 0 Å². The summed E-state index contributed by atoms with van der Waals surface area (Å²) in [7, 11) is 0. The molecule has 0 bridgehead atoms. The van der Waals surface area contributed by atoms with Gasteiger partial charge in [0.05, 0.1) is 5.56 Å². The van der Waals surface area contributed by atoms with Crippen LogP contribution in [0.5, 0.6) is 0 Å². The molecule has 3 nitrogen and oxygen atoms in total. The van der Waals surface area contributed by atoms with E-state index in [1.165, 1.54) is 12.8 Å². The Morgan fingerprint density at radius 1 is 1.29 bits per heavy atom. The summed E-state index contributed by atoms with van der Waals surface area (Å²) in [5, 5.41) is 9.06. The minimum atomic E-state index is -0.856. The summed E-state index contributed by atoms with van der Waals surface area (Å²) in [5.74, 6) is -0.856. The van der Waals surface area contributed by atoms with Crippen molar-refractivity contribution in [3.8, 4) is 0 Å². The van der Waals surface area contributed by atoms with Crippen molar-refractivity contribution in [2.45, 2.75) is 45.7 Å². The lowest BCUT2D eigenvalue weighted by Gasteiger charge is -2.30. The molecule has 1 heterocycles. The number of carboxylic acid groups (broad SMARTS) is 1. The molecule has 1 saturated heterocycles. The summed E-state index contributed by atoms with van der Waals surface area (Å²) in [5.41, 5.74) is 2.59. The van der Waals surface area contributed by atoms with Crippen molar-refractivity contribution in [1.82, 2.24) is 0 Å². The molecule has 92 valence electrons. The third kappa shape index (κ3) is 2.14. The van der Waals surface area contributed by atoms with Crippen molar-refractivity contribution in [3.63, 3.8) is 0 Å². The van der Waals surface area contributed by atoms with Gasteiger partial charge in [-0.15, -0.1) is 0 Å². The molecular formula is C14H19NO2. The van der Waals surface area contributed by atoms with Crippen molar-refractivity contribution in [2.24, 2.45) is 0 Å². The summed E-state index contributed by atoms with van der Waals surface area (Å²) in [4.78, 5) is 13.4. The predicted octanol–water partition coefficient (Wildman–Crippen LogP) is 3.07. The first kappa shape index (κ1) is 12.0. The molecule has 0 aliphatic carbocycles. The zero-order chi connectivity index (χ0) is 12.6. The largest absolute Gasteiger partial charge is 0.478 e. The van der Waals surface area contributed by atoms with Gasteiger partial charge in [0.1, 0.15) is 0 Å². The zero-order valence-corrected chi connectivity index (χ0v) is 10.6. The number of hydrogen-bond donors (Lipinski definition) is 1. The van der Waals surface area contributed by atoms with Crippen molar-refractivity contribution < 1.29 is 9.90 Å². The number of carbonyl (C=O) groups is 1. The zero-order valence-electron chi connectivity index (χ0n) is 10.6. The Hall–Kier alpha value is -1.51. The molecule has 1 aliphatic heterocycles. The topological polar surface area (TPSA) is 40.5 Å². The van der Waals surface area contributed by atoms with E-state index in [0.29, 0.717) is 17.6 Å². The van der Waals surface area contributed by atoms with E-state index in [2.05, 4.69) is 18.7 Å². The third-order valence-electron chi connectivity index (χ3n) is 3.69. The SMILES string of the molecule is Cc1ccc(C(=O)O)cc1N1[C@H](C)CC[C@H]1C. The van der Waals surface area contributed by atoms with Gasteiger partial charge in [-0.2, -0.15) is 0 Å². The van der Waals surface area contributed by atoms with Crippen LogP contribution in [0.2, 0.25) is 0 Å². The molecule has 0 saturated carbocycles.